The molecule has 2 rings (SSSR count). The predicted molar refractivity (Wildman–Crippen MR) is 79.8 cm³/mol. The minimum absolute atomic E-state index is 0.308. The zero-order chi connectivity index (χ0) is 17.0. The fraction of sp³-hybridized carbons (Fsp3) is 0.562. The first-order chi connectivity index (χ1) is 10.8. The molecule has 0 spiro atoms. The molecule has 23 heavy (non-hydrogen) atoms. The number of rotatable bonds is 3. The van der Waals surface area contributed by atoms with Gasteiger partial charge in [0.15, 0.2) is 0 Å². The number of halogens is 3. The molecule has 1 aromatic rings. The van der Waals surface area contributed by atoms with Crippen LogP contribution in [0.1, 0.15) is 49.8 Å². The summed E-state index contributed by atoms with van der Waals surface area (Å²) in [5.74, 6) is 0. The van der Waals surface area contributed by atoms with Gasteiger partial charge in [0.05, 0.1) is 23.8 Å². The molecule has 4 nitrogen and oxygen atoms in total. The molecule has 0 heterocycles. The quantitative estimate of drug-likeness (QED) is 0.796. The number of alkyl halides is 3. The molecule has 1 aliphatic rings. The van der Waals surface area contributed by atoms with Gasteiger partial charge in [-0.25, -0.2) is 4.79 Å². The Morgan fingerprint density at radius 3 is 2.65 bits per heavy atom. The van der Waals surface area contributed by atoms with E-state index < -0.39 is 29.9 Å². The van der Waals surface area contributed by atoms with Crippen LogP contribution in [0.5, 0.6) is 0 Å². The van der Waals surface area contributed by atoms with E-state index in [0.29, 0.717) is 18.4 Å². The molecule has 1 aromatic carbocycles. The van der Waals surface area contributed by atoms with E-state index >= 15 is 0 Å². The van der Waals surface area contributed by atoms with Crippen molar-refractivity contribution < 1.29 is 23.1 Å². The highest BCUT2D eigenvalue weighted by atomic mass is 19.4. The highest BCUT2D eigenvalue weighted by Gasteiger charge is 2.31. The summed E-state index contributed by atoms with van der Waals surface area (Å²) in [7, 11) is 0. The van der Waals surface area contributed by atoms with Gasteiger partial charge in [0.25, 0.3) is 0 Å². The van der Waals surface area contributed by atoms with E-state index in [-0.39, 0.29) is 6.04 Å². The van der Waals surface area contributed by atoms with Gasteiger partial charge in [-0.2, -0.15) is 13.2 Å². The summed E-state index contributed by atoms with van der Waals surface area (Å²) in [6.07, 6.45) is -1.77. The van der Waals surface area contributed by atoms with Crippen LogP contribution >= 0.6 is 0 Å². The molecule has 1 fully saturated rings. The fourth-order valence-electron chi connectivity index (χ4n) is 2.75. The average molecular weight is 330 g/mol. The van der Waals surface area contributed by atoms with Crippen LogP contribution in [0, 0.1) is 0 Å². The maximum Gasteiger partial charge on any atom is 0.416 e. The monoisotopic (exact) mass is 330 g/mol. The van der Waals surface area contributed by atoms with E-state index in [2.05, 4.69) is 10.6 Å². The van der Waals surface area contributed by atoms with Crippen LogP contribution in [0.15, 0.2) is 24.3 Å². The summed E-state index contributed by atoms with van der Waals surface area (Å²) in [4.78, 5) is 12.0. The number of aliphatic hydroxyl groups excluding tert-OH is 1. The van der Waals surface area contributed by atoms with E-state index in [9.17, 15) is 23.1 Å². The average Bonchev–Trinajstić information content (AvgIpc) is 2.49. The SMILES string of the molecule is CC(NC(=O)NC1CCCCC1O)c1cccc(C(F)(F)F)c1. The second kappa shape index (κ2) is 7.21. The van der Waals surface area contributed by atoms with Gasteiger partial charge in [-0.05, 0) is 37.5 Å². The zero-order valence-corrected chi connectivity index (χ0v) is 12.9. The van der Waals surface area contributed by atoms with Gasteiger partial charge in [0.1, 0.15) is 0 Å². The molecule has 0 saturated heterocycles. The number of carbonyl (C=O) groups excluding carboxylic acids is 1. The fourth-order valence-corrected chi connectivity index (χ4v) is 2.75. The van der Waals surface area contributed by atoms with Crippen LogP contribution in [0.4, 0.5) is 18.0 Å². The van der Waals surface area contributed by atoms with Crippen molar-refractivity contribution in [1.82, 2.24) is 10.6 Å². The van der Waals surface area contributed by atoms with Crippen molar-refractivity contribution in [3.63, 3.8) is 0 Å². The van der Waals surface area contributed by atoms with E-state index in [1.54, 1.807) is 6.92 Å². The second-order valence-corrected chi connectivity index (χ2v) is 5.92. The smallest absolute Gasteiger partial charge is 0.391 e. The lowest BCUT2D eigenvalue weighted by molar-refractivity contribution is -0.137. The highest BCUT2D eigenvalue weighted by Crippen LogP contribution is 2.30. The third-order valence-corrected chi connectivity index (χ3v) is 4.11. The van der Waals surface area contributed by atoms with Gasteiger partial charge >= 0.3 is 12.2 Å². The Kier molecular flexibility index (Phi) is 5.51. The van der Waals surface area contributed by atoms with Crippen LogP contribution in [0.3, 0.4) is 0 Å². The van der Waals surface area contributed by atoms with Crippen LogP contribution in [0.2, 0.25) is 0 Å². The minimum atomic E-state index is -4.41. The number of urea groups is 1. The van der Waals surface area contributed by atoms with Gasteiger partial charge in [0.2, 0.25) is 0 Å². The minimum Gasteiger partial charge on any atom is -0.391 e. The first kappa shape index (κ1) is 17.6. The molecule has 3 atom stereocenters. The molecule has 3 unspecified atom stereocenters. The molecule has 7 heteroatoms. The molecular formula is C16H21F3N2O2. The number of aliphatic hydroxyl groups is 1. The van der Waals surface area contributed by atoms with Crippen molar-refractivity contribution in [3.8, 4) is 0 Å². The molecule has 1 aliphatic carbocycles. The summed E-state index contributed by atoms with van der Waals surface area (Å²) in [5.41, 5.74) is -0.370. The number of carbonyl (C=O) groups is 1. The first-order valence-corrected chi connectivity index (χ1v) is 7.69. The standard InChI is InChI=1S/C16H21F3N2O2/c1-10(11-5-4-6-12(9-11)16(17,18)19)20-15(23)21-13-7-2-3-8-14(13)22/h4-6,9-10,13-14,22H,2-3,7-8H2,1H3,(H2,20,21,23). The van der Waals surface area contributed by atoms with Crippen LogP contribution in [-0.4, -0.2) is 23.3 Å². The van der Waals surface area contributed by atoms with Crippen molar-refractivity contribution in [1.29, 1.82) is 0 Å². The normalized spacial score (nSPS) is 23.2. The topological polar surface area (TPSA) is 61.4 Å². The maximum atomic E-state index is 12.7. The van der Waals surface area contributed by atoms with Crippen molar-refractivity contribution >= 4 is 6.03 Å². The summed E-state index contributed by atoms with van der Waals surface area (Å²) in [5, 5.41) is 15.1. The lowest BCUT2D eigenvalue weighted by Crippen LogP contribution is -2.49. The Hall–Kier alpha value is -1.76. The molecule has 0 bridgehead atoms. The van der Waals surface area contributed by atoms with Crippen molar-refractivity contribution in [2.45, 2.75) is 57.0 Å². The third kappa shape index (κ3) is 4.86. The van der Waals surface area contributed by atoms with Gasteiger partial charge in [0, 0.05) is 0 Å². The van der Waals surface area contributed by atoms with Gasteiger partial charge in [-0.15, -0.1) is 0 Å². The summed E-state index contributed by atoms with van der Waals surface area (Å²) < 4.78 is 38.2. The van der Waals surface area contributed by atoms with E-state index in [0.717, 1.165) is 25.0 Å². The Bertz CT molecular complexity index is 548. The van der Waals surface area contributed by atoms with Gasteiger partial charge in [-0.1, -0.05) is 25.0 Å². The second-order valence-electron chi connectivity index (χ2n) is 5.92. The Balaban J connectivity index is 1.95. The molecule has 0 aromatic heterocycles. The maximum absolute atomic E-state index is 12.7. The predicted octanol–water partition coefficient (Wildman–Crippen LogP) is 3.37. The molecule has 3 N–H and O–H groups in total. The van der Waals surface area contributed by atoms with E-state index in [1.165, 1.54) is 12.1 Å². The Labute approximate surface area is 133 Å². The number of hydrogen-bond donors (Lipinski definition) is 3. The van der Waals surface area contributed by atoms with Crippen molar-refractivity contribution in [2.24, 2.45) is 0 Å². The van der Waals surface area contributed by atoms with Crippen molar-refractivity contribution in [2.75, 3.05) is 0 Å². The van der Waals surface area contributed by atoms with E-state index in [4.69, 9.17) is 0 Å². The third-order valence-electron chi connectivity index (χ3n) is 4.11. The van der Waals surface area contributed by atoms with Crippen LogP contribution in [-0.2, 0) is 6.18 Å². The molecular weight excluding hydrogens is 309 g/mol. The summed E-state index contributed by atoms with van der Waals surface area (Å²) in [6, 6.07) is 3.51. The van der Waals surface area contributed by atoms with Gasteiger partial charge < -0.3 is 15.7 Å². The molecule has 2 amide bonds. The largest absolute Gasteiger partial charge is 0.416 e. The Morgan fingerprint density at radius 1 is 1.30 bits per heavy atom. The lowest BCUT2D eigenvalue weighted by Gasteiger charge is -2.29. The highest BCUT2D eigenvalue weighted by molar-refractivity contribution is 5.74. The van der Waals surface area contributed by atoms with E-state index in [1.807, 2.05) is 0 Å². The zero-order valence-electron chi connectivity index (χ0n) is 12.9. The first-order valence-electron chi connectivity index (χ1n) is 7.69. The number of amides is 2. The van der Waals surface area contributed by atoms with Crippen molar-refractivity contribution in [3.05, 3.63) is 35.4 Å². The molecule has 1 saturated carbocycles. The van der Waals surface area contributed by atoms with Crippen LogP contribution < -0.4 is 10.6 Å². The summed E-state index contributed by atoms with van der Waals surface area (Å²) >= 11 is 0. The number of benzene rings is 1. The number of hydrogen-bond acceptors (Lipinski definition) is 2. The molecule has 0 aliphatic heterocycles. The summed E-state index contributed by atoms with van der Waals surface area (Å²) in [6.45, 7) is 1.62. The Morgan fingerprint density at radius 2 is 2.00 bits per heavy atom. The molecule has 128 valence electrons. The lowest BCUT2D eigenvalue weighted by atomic mass is 9.93. The number of nitrogens with one attached hydrogen (secondary N) is 2. The van der Waals surface area contributed by atoms with Gasteiger partial charge in [-0.3, -0.25) is 0 Å². The van der Waals surface area contributed by atoms with Crippen LogP contribution in [0.25, 0.3) is 0 Å². The molecule has 0 radical (unpaired) electrons.